The molecule has 1 amide bonds. The van der Waals surface area contributed by atoms with Crippen LogP contribution in [0.15, 0.2) is 0 Å². The molecule has 0 aromatic heterocycles. The van der Waals surface area contributed by atoms with Gasteiger partial charge in [-0.2, -0.15) is 0 Å². The van der Waals surface area contributed by atoms with Crippen LogP contribution in [0.2, 0.25) is 0 Å². The van der Waals surface area contributed by atoms with Crippen LogP contribution < -0.4 is 10.6 Å². The maximum Gasteiger partial charge on any atom is 0.221 e. The Morgan fingerprint density at radius 3 is 2.60 bits per heavy atom. The standard InChI is InChI=1S/C6H12N2OS/c1-5(10)8-4-3-6(9)7-2/h3-4H2,1-2H3,(H,7,9)(H,8,10). The minimum atomic E-state index is 0.0313. The van der Waals surface area contributed by atoms with Crippen LogP contribution in [0.3, 0.4) is 0 Å². The Morgan fingerprint density at radius 1 is 1.60 bits per heavy atom. The fraction of sp³-hybridized carbons (Fsp3) is 0.667. The van der Waals surface area contributed by atoms with Gasteiger partial charge < -0.3 is 10.6 Å². The highest BCUT2D eigenvalue weighted by Crippen LogP contribution is 1.75. The van der Waals surface area contributed by atoms with E-state index in [9.17, 15) is 4.79 Å². The normalized spacial score (nSPS) is 8.60. The lowest BCUT2D eigenvalue weighted by Gasteiger charge is -2.01. The van der Waals surface area contributed by atoms with E-state index < -0.39 is 0 Å². The molecule has 0 aromatic carbocycles. The van der Waals surface area contributed by atoms with Crippen molar-refractivity contribution in [3.63, 3.8) is 0 Å². The Hall–Kier alpha value is -0.640. The Labute approximate surface area is 66.2 Å². The van der Waals surface area contributed by atoms with Crippen molar-refractivity contribution in [2.24, 2.45) is 0 Å². The van der Waals surface area contributed by atoms with E-state index in [1.165, 1.54) is 0 Å². The first-order valence-corrected chi connectivity index (χ1v) is 3.52. The average molecular weight is 160 g/mol. The van der Waals surface area contributed by atoms with Crippen LogP contribution in [0, 0.1) is 0 Å². The largest absolute Gasteiger partial charge is 0.379 e. The lowest BCUT2D eigenvalue weighted by molar-refractivity contribution is -0.120. The van der Waals surface area contributed by atoms with Gasteiger partial charge in [-0.1, -0.05) is 12.2 Å². The van der Waals surface area contributed by atoms with Crippen molar-refractivity contribution in [2.45, 2.75) is 13.3 Å². The van der Waals surface area contributed by atoms with Crippen LogP contribution in [0.1, 0.15) is 13.3 Å². The fourth-order valence-electron chi connectivity index (χ4n) is 0.477. The molecule has 0 unspecified atom stereocenters. The molecule has 0 fully saturated rings. The summed E-state index contributed by atoms with van der Waals surface area (Å²) in [7, 11) is 1.62. The number of carbonyl (C=O) groups excluding carboxylic acids is 1. The third kappa shape index (κ3) is 5.50. The number of hydrogen-bond donors (Lipinski definition) is 2. The second-order valence-corrected chi connectivity index (χ2v) is 2.52. The van der Waals surface area contributed by atoms with E-state index in [1.54, 1.807) is 14.0 Å². The Balaban J connectivity index is 3.20. The molecular weight excluding hydrogens is 148 g/mol. The highest BCUT2D eigenvalue weighted by molar-refractivity contribution is 7.80. The average Bonchev–Trinajstić information content (AvgIpc) is 1.87. The van der Waals surface area contributed by atoms with Gasteiger partial charge in [0.05, 0.1) is 4.99 Å². The summed E-state index contributed by atoms with van der Waals surface area (Å²) in [4.78, 5) is 11.3. The molecular formula is C6H12N2OS. The summed E-state index contributed by atoms with van der Waals surface area (Å²) in [5.41, 5.74) is 0. The maximum absolute atomic E-state index is 10.6. The summed E-state index contributed by atoms with van der Waals surface area (Å²) in [5.74, 6) is 0.0313. The van der Waals surface area contributed by atoms with Gasteiger partial charge in [0, 0.05) is 20.0 Å². The highest BCUT2D eigenvalue weighted by Gasteiger charge is 1.95. The first-order valence-electron chi connectivity index (χ1n) is 3.12. The smallest absolute Gasteiger partial charge is 0.221 e. The SMILES string of the molecule is CNC(=O)CCNC(C)=S. The van der Waals surface area contributed by atoms with Crippen molar-refractivity contribution in [3.8, 4) is 0 Å². The first-order chi connectivity index (χ1) is 4.66. The molecule has 0 spiro atoms. The molecule has 0 aliphatic heterocycles. The zero-order valence-corrected chi connectivity index (χ0v) is 7.05. The van der Waals surface area contributed by atoms with Crippen molar-refractivity contribution >= 4 is 23.1 Å². The predicted octanol–water partition coefficient (Wildman–Crippen LogP) is 0.0594. The Morgan fingerprint density at radius 2 is 2.20 bits per heavy atom. The molecule has 0 radical (unpaired) electrons. The number of thiocarbonyl (C=S) groups is 1. The van der Waals surface area contributed by atoms with Crippen LogP contribution in [-0.4, -0.2) is 24.5 Å². The summed E-state index contributed by atoms with van der Waals surface area (Å²) in [6, 6.07) is 0. The number of amides is 1. The van der Waals surface area contributed by atoms with Crippen molar-refractivity contribution in [2.75, 3.05) is 13.6 Å². The molecule has 58 valence electrons. The molecule has 0 atom stereocenters. The number of hydrogen-bond acceptors (Lipinski definition) is 2. The van der Waals surface area contributed by atoms with Gasteiger partial charge in [0.25, 0.3) is 0 Å². The van der Waals surface area contributed by atoms with Gasteiger partial charge in [-0.25, -0.2) is 0 Å². The van der Waals surface area contributed by atoms with Gasteiger partial charge in [0.2, 0.25) is 5.91 Å². The van der Waals surface area contributed by atoms with Crippen LogP contribution in [0.4, 0.5) is 0 Å². The molecule has 0 heterocycles. The van der Waals surface area contributed by atoms with Crippen LogP contribution in [-0.2, 0) is 4.79 Å². The number of carbonyl (C=O) groups is 1. The third-order valence-corrected chi connectivity index (χ3v) is 1.15. The molecule has 0 rings (SSSR count). The molecule has 2 N–H and O–H groups in total. The van der Waals surface area contributed by atoms with Gasteiger partial charge >= 0.3 is 0 Å². The Bertz CT molecular complexity index is 136. The molecule has 0 aromatic rings. The predicted molar refractivity (Wildman–Crippen MR) is 45.0 cm³/mol. The summed E-state index contributed by atoms with van der Waals surface area (Å²) in [6.07, 6.45) is 0.477. The van der Waals surface area contributed by atoms with Crippen molar-refractivity contribution in [3.05, 3.63) is 0 Å². The van der Waals surface area contributed by atoms with Gasteiger partial charge in [0.15, 0.2) is 0 Å². The number of nitrogens with one attached hydrogen (secondary N) is 2. The van der Waals surface area contributed by atoms with Gasteiger partial charge in [-0.3, -0.25) is 4.79 Å². The third-order valence-electron chi connectivity index (χ3n) is 1.00. The summed E-state index contributed by atoms with van der Waals surface area (Å²) in [6.45, 7) is 2.41. The summed E-state index contributed by atoms with van der Waals surface area (Å²) >= 11 is 4.74. The molecule has 0 saturated heterocycles. The van der Waals surface area contributed by atoms with Crippen molar-refractivity contribution < 1.29 is 4.79 Å². The van der Waals surface area contributed by atoms with Crippen LogP contribution in [0.5, 0.6) is 0 Å². The molecule has 0 aliphatic rings. The van der Waals surface area contributed by atoms with Crippen molar-refractivity contribution in [1.29, 1.82) is 0 Å². The second kappa shape index (κ2) is 5.17. The summed E-state index contributed by atoms with van der Waals surface area (Å²) < 4.78 is 0. The summed E-state index contributed by atoms with van der Waals surface area (Å²) in [5, 5.41) is 5.40. The minimum Gasteiger partial charge on any atom is -0.379 e. The van der Waals surface area contributed by atoms with E-state index >= 15 is 0 Å². The van der Waals surface area contributed by atoms with Gasteiger partial charge in [-0.05, 0) is 6.92 Å². The lowest BCUT2D eigenvalue weighted by Crippen LogP contribution is -2.26. The Kier molecular flexibility index (Phi) is 4.84. The molecule has 3 nitrogen and oxygen atoms in total. The van der Waals surface area contributed by atoms with Crippen molar-refractivity contribution in [1.82, 2.24) is 10.6 Å². The quantitative estimate of drug-likeness (QED) is 0.574. The molecule has 0 aliphatic carbocycles. The topological polar surface area (TPSA) is 41.1 Å². The van der Waals surface area contributed by atoms with Gasteiger partial charge in [-0.15, -0.1) is 0 Å². The molecule has 0 saturated carbocycles. The zero-order chi connectivity index (χ0) is 7.98. The monoisotopic (exact) mass is 160 g/mol. The van der Waals surface area contributed by atoms with E-state index in [0.717, 1.165) is 4.99 Å². The maximum atomic E-state index is 10.6. The molecule has 0 bridgehead atoms. The van der Waals surface area contributed by atoms with Crippen LogP contribution in [0.25, 0.3) is 0 Å². The first kappa shape index (κ1) is 9.36. The van der Waals surface area contributed by atoms with E-state index in [2.05, 4.69) is 10.6 Å². The lowest BCUT2D eigenvalue weighted by atomic mass is 10.4. The second-order valence-electron chi connectivity index (χ2n) is 1.91. The molecule has 10 heavy (non-hydrogen) atoms. The van der Waals surface area contributed by atoms with Crippen LogP contribution >= 0.6 is 12.2 Å². The fourth-order valence-corrected chi connectivity index (χ4v) is 0.579. The van der Waals surface area contributed by atoms with E-state index in [-0.39, 0.29) is 5.91 Å². The van der Waals surface area contributed by atoms with E-state index in [1.807, 2.05) is 0 Å². The van der Waals surface area contributed by atoms with E-state index in [0.29, 0.717) is 13.0 Å². The highest BCUT2D eigenvalue weighted by atomic mass is 32.1. The molecule has 4 heteroatoms. The zero-order valence-electron chi connectivity index (χ0n) is 6.23. The number of rotatable bonds is 3. The van der Waals surface area contributed by atoms with Gasteiger partial charge in [0.1, 0.15) is 0 Å². The van der Waals surface area contributed by atoms with E-state index in [4.69, 9.17) is 12.2 Å². The minimum absolute atomic E-state index is 0.0313.